The van der Waals surface area contributed by atoms with Crippen molar-refractivity contribution < 1.29 is 22.7 Å². The number of nitrogens with one attached hydrogen (secondary N) is 1. The van der Waals surface area contributed by atoms with Crippen molar-refractivity contribution in [1.82, 2.24) is 10.2 Å². The van der Waals surface area contributed by atoms with Crippen LogP contribution < -0.4 is 19.9 Å². The highest BCUT2D eigenvalue weighted by Gasteiger charge is 2.17. The Morgan fingerprint density at radius 3 is 2.33 bits per heavy atom. The maximum absolute atomic E-state index is 12.3. The van der Waals surface area contributed by atoms with Gasteiger partial charge in [-0.25, -0.2) is 13.6 Å². The van der Waals surface area contributed by atoms with Crippen molar-refractivity contribution in [2.24, 2.45) is 5.14 Å². The summed E-state index contributed by atoms with van der Waals surface area (Å²) in [5.41, 5.74) is 2.05. The highest BCUT2D eigenvalue weighted by Crippen LogP contribution is 2.28. The molecule has 2 aromatic carbocycles. The van der Waals surface area contributed by atoms with Crippen LogP contribution in [0, 0.1) is 0 Å². The minimum atomic E-state index is -3.66. The molecule has 1 fully saturated rings. The van der Waals surface area contributed by atoms with Crippen molar-refractivity contribution >= 4 is 28.3 Å². The van der Waals surface area contributed by atoms with Gasteiger partial charge in [0.2, 0.25) is 10.0 Å². The second-order valence-corrected chi connectivity index (χ2v) is 9.39. The van der Waals surface area contributed by atoms with Gasteiger partial charge in [-0.15, -0.1) is 12.4 Å². The summed E-state index contributed by atoms with van der Waals surface area (Å²) >= 11 is 0. The first-order valence-electron chi connectivity index (χ1n) is 10.8. The first-order valence-corrected chi connectivity index (χ1v) is 12.3. The first kappa shape index (κ1) is 26.9. The molecule has 0 aliphatic carbocycles. The zero-order valence-corrected chi connectivity index (χ0v) is 20.4. The van der Waals surface area contributed by atoms with E-state index >= 15 is 0 Å². The number of piperidine rings is 1. The number of benzene rings is 2. The summed E-state index contributed by atoms with van der Waals surface area (Å²) in [5.74, 6) is 1.15. The second-order valence-electron chi connectivity index (χ2n) is 7.83. The number of hydrogen-bond donors (Lipinski definition) is 2. The topological polar surface area (TPSA) is 111 Å². The van der Waals surface area contributed by atoms with Gasteiger partial charge in [0.15, 0.2) is 18.1 Å². The SMILES string of the molecule is COc1cc(CNCCc2ccc(S(N)(=O)=O)cc2)ccc1OCC(=O)N1CCCCC1.Cl. The fraction of sp³-hybridized carbons (Fsp3) is 0.435. The zero-order chi connectivity index (χ0) is 23.0. The van der Waals surface area contributed by atoms with E-state index in [4.69, 9.17) is 14.6 Å². The Balaban J connectivity index is 0.00000385. The lowest BCUT2D eigenvalue weighted by Crippen LogP contribution is -2.38. The maximum Gasteiger partial charge on any atom is 0.260 e. The minimum Gasteiger partial charge on any atom is -0.493 e. The van der Waals surface area contributed by atoms with Crippen LogP contribution in [-0.2, 0) is 27.8 Å². The lowest BCUT2D eigenvalue weighted by Gasteiger charge is -2.26. The molecular weight excluding hydrogens is 466 g/mol. The number of amides is 1. The molecule has 1 saturated heterocycles. The van der Waals surface area contributed by atoms with E-state index in [1.54, 1.807) is 19.2 Å². The minimum absolute atomic E-state index is 0. The number of halogens is 1. The number of nitrogens with two attached hydrogens (primary N) is 1. The van der Waals surface area contributed by atoms with E-state index in [-0.39, 0.29) is 29.8 Å². The number of carbonyl (C=O) groups excluding carboxylic acids is 1. The molecule has 10 heteroatoms. The molecule has 0 bridgehead atoms. The molecule has 0 unspecified atom stereocenters. The predicted octanol–water partition coefficient (Wildman–Crippen LogP) is 2.49. The Bertz CT molecular complexity index is 1010. The molecule has 1 heterocycles. The third-order valence-electron chi connectivity index (χ3n) is 5.46. The molecule has 1 aliphatic heterocycles. The Morgan fingerprint density at radius 1 is 1.03 bits per heavy atom. The highest BCUT2D eigenvalue weighted by atomic mass is 35.5. The fourth-order valence-electron chi connectivity index (χ4n) is 3.63. The van der Waals surface area contributed by atoms with Crippen LogP contribution in [0.5, 0.6) is 11.5 Å². The van der Waals surface area contributed by atoms with Crippen molar-refractivity contribution in [2.45, 2.75) is 37.1 Å². The Morgan fingerprint density at radius 2 is 1.70 bits per heavy atom. The Kier molecular flexibility index (Phi) is 10.4. The third kappa shape index (κ3) is 8.19. The molecule has 0 radical (unpaired) electrons. The van der Waals surface area contributed by atoms with Crippen molar-refractivity contribution in [3.63, 3.8) is 0 Å². The largest absolute Gasteiger partial charge is 0.493 e. The Labute approximate surface area is 201 Å². The van der Waals surface area contributed by atoms with E-state index in [9.17, 15) is 13.2 Å². The van der Waals surface area contributed by atoms with E-state index in [0.717, 1.165) is 50.0 Å². The molecule has 0 spiro atoms. The van der Waals surface area contributed by atoms with Gasteiger partial charge in [-0.3, -0.25) is 4.79 Å². The number of primary sulfonamides is 1. The number of sulfonamides is 1. The lowest BCUT2D eigenvalue weighted by atomic mass is 10.1. The molecule has 1 amide bonds. The van der Waals surface area contributed by atoms with Gasteiger partial charge in [-0.05, 0) is 67.6 Å². The monoisotopic (exact) mass is 497 g/mol. The molecule has 3 N–H and O–H groups in total. The van der Waals surface area contributed by atoms with Crippen molar-refractivity contribution in [1.29, 1.82) is 0 Å². The molecule has 2 aromatic rings. The van der Waals surface area contributed by atoms with Crippen LogP contribution in [0.1, 0.15) is 30.4 Å². The van der Waals surface area contributed by atoms with Crippen LogP contribution in [0.3, 0.4) is 0 Å². The summed E-state index contributed by atoms with van der Waals surface area (Å²) in [4.78, 5) is 14.3. The van der Waals surface area contributed by atoms with Crippen molar-refractivity contribution in [3.05, 3.63) is 53.6 Å². The van der Waals surface area contributed by atoms with Crippen LogP contribution in [-0.4, -0.2) is 52.6 Å². The highest BCUT2D eigenvalue weighted by molar-refractivity contribution is 7.89. The predicted molar refractivity (Wildman–Crippen MR) is 129 cm³/mol. The number of likely N-dealkylation sites (tertiary alicyclic amines) is 1. The number of hydrogen-bond acceptors (Lipinski definition) is 6. The number of ether oxygens (including phenoxy) is 2. The smallest absolute Gasteiger partial charge is 0.260 e. The van der Waals surface area contributed by atoms with Gasteiger partial charge < -0.3 is 19.7 Å². The molecule has 0 atom stereocenters. The van der Waals surface area contributed by atoms with Crippen LogP contribution >= 0.6 is 12.4 Å². The van der Waals surface area contributed by atoms with Gasteiger partial charge in [0, 0.05) is 19.6 Å². The van der Waals surface area contributed by atoms with Gasteiger partial charge in [0.05, 0.1) is 12.0 Å². The van der Waals surface area contributed by atoms with Crippen LogP contribution in [0.25, 0.3) is 0 Å². The average molecular weight is 498 g/mol. The second kappa shape index (κ2) is 12.8. The molecule has 182 valence electrons. The summed E-state index contributed by atoms with van der Waals surface area (Å²) in [6.07, 6.45) is 4.04. The van der Waals surface area contributed by atoms with Gasteiger partial charge in [-0.2, -0.15) is 0 Å². The normalized spacial score (nSPS) is 13.8. The summed E-state index contributed by atoms with van der Waals surface area (Å²) in [6.45, 7) is 2.98. The molecule has 1 aliphatic rings. The van der Waals surface area contributed by atoms with E-state index in [1.165, 1.54) is 18.6 Å². The van der Waals surface area contributed by atoms with E-state index in [2.05, 4.69) is 5.32 Å². The molecule has 0 saturated carbocycles. The molecule has 33 heavy (non-hydrogen) atoms. The summed E-state index contributed by atoms with van der Waals surface area (Å²) in [7, 11) is -2.08. The number of carbonyl (C=O) groups is 1. The van der Waals surface area contributed by atoms with E-state index < -0.39 is 10.0 Å². The standard InChI is InChI=1S/C23H31N3O5S.ClH/c1-30-22-15-19(7-10-21(22)31-17-23(27)26-13-3-2-4-14-26)16-25-12-11-18-5-8-20(9-6-18)32(24,28)29;/h5-10,15,25H,2-4,11-14,16-17H2,1H3,(H2,24,28,29);1H. The maximum atomic E-state index is 12.3. The van der Waals surface area contributed by atoms with Gasteiger partial charge >= 0.3 is 0 Å². The van der Waals surface area contributed by atoms with Crippen molar-refractivity contribution in [2.75, 3.05) is 33.4 Å². The lowest BCUT2D eigenvalue weighted by molar-refractivity contribution is -0.134. The van der Waals surface area contributed by atoms with Gasteiger partial charge in [0.1, 0.15) is 0 Å². The zero-order valence-electron chi connectivity index (χ0n) is 18.8. The first-order chi connectivity index (χ1) is 15.4. The number of nitrogens with zero attached hydrogens (tertiary/aromatic N) is 1. The van der Waals surface area contributed by atoms with E-state index in [0.29, 0.717) is 18.0 Å². The average Bonchev–Trinajstić information content (AvgIpc) is 2.81. The van der Waals surface area contributed by atoms with Crippen molar-refractivity contribution in [3.8, 4) is 11.5 Å². The Hall–Kier alpha value is -2.33. The summed E-state index contributed by atoms with van der Waals surface area (Å²) in [5, 5.41) is 8.48. The summed E-state index contributed by atoms with van der Waals surface area (Å²) in [6, 6.07) is 12.2. The van der Waals surface area contributed by atoms with Crippen LogP contribution in [0.4, 0.5) is 0 Å². The van der Waals surface area contributed by atoms with Gasteiger partial charge in [0.25, 0.3) is 5.91 Å². The molecule has 8 nitrogen and oxygen atoms in total. The molecule has 0 aromatic heterocycles. The van der Waals surface area contributed by atoms with Gasteiger partial charge in [-0.1, -0.05) is 18.2 Å². The fourth-order valence-corrected chi connectivity index (χ4v) is 4.14. The molecular formula is C23H32ClN3O5S. The number of rotatable bonds is 10. The quantitative estimate of drug-likeness (QED) is 0.488. The molecule has 3 rings (SSSR count). The van der Waals surface area contributed by atoms with Crippen LogP contribution in [0.15, 0.2) is 47.4 Å². The number of methoxy groups -OCH3 is 1. The third-order valence-corrected chi connectivity index (χ3v) is 6.39. The van der Waals surface area contributed by atoms with Crippen LogP contribution in [0.2, 0.25) is 0 Å². The van der Waals surface area contributed by atoms with E-state index in [1.807, 2.05) is 23.1 Å². The summed E-state index contributed by atoms with van der Waals surface area (Å²) < 4.78 is 33.8.